The molecule has 1 aromatic carbocycles. The maximum absolute atomic E-state index is 6.07. The Labute approximate surface area is 132 Å². The first-order valence-corrected chi connectivity index (χ1v) is 7.52. The maximum Gasteiger partial charge on any atom is 0.0571 e. The van der Waals surface area contributed by atoms with Crippen molar-refractivity contribution in [2.75, 3.05) is 19.0 Å². The zero-order valence-electron chi connectivity index (χ0n) is 13.0. The first-order valence-electron chi connectivity index (χ1n) is 7.14. The van der Waals surface area contributed by atoms with E-state index in [1.165, 1.54) is 5.56 Å². The molecular formula is C17H22ClN3. The molecule has 0 saturated carbocycles. The molecule has 112 valence electrons. The van der Waals surface area contributed by atoms with E-state index in [1.54, 1.807) is 0 Å². The van der Waals surface area contributed by atoms with E-state index in [2.05, 4.69) is 54.3 Å². The van der Waals surface area contributed by atoms with E-state index >= 15 is 0 Å². The van der Waals surface area contributed by atoms with Crippen molar-refractivity contribution in [1.29, 1.82) is 0 Å². The Morgan fingerprint density at radius 2 is 1.95 bits per heavy atom. The van der Waals surface area contributed by atoms with Gasteiger partial charge >= 0.3 is 0 Å². The average molecular weight is 304 g/mol. The van der Waals surface area contributed by atoms with Gasteiger partial charge in [0.2, 0.25) is 0 Å². The van der Waals surface area contributed by atoms with Crippen molar-refractivity contribution in [1.82, 2.24) is 10.3 Å². The van der Waals surface area contributed by atoms with Crippen LogP contribution in [0.4, 0.5) is 5.69 Å². The molecule has 2 rings (SSSR count). The van der Waals surface area contributed by atoms with E-state index in [9.17, 15) is 0 Å². The highest BCUT2D eigenvalue weighted by Crippen LogP contribution is 2.26. The molecule has 3 nitrogen and oxygen atoms in total. The Kier molecular flexibility index (Phi) is 5.21. The Balaban J connectivity index is 2.17. The van der Waals surface area contributed by atoms with Crippen LogP contribution >= 0.6 is 11.6 Å². The van der Waals surface area contributed by atoms with Crippen molar-refractivity contribution < 1.29 is 0 Å². The average Bonchev–Trinajstić information content (AvgIpc) is 2.53. The van der Waals surface area contributed by atoms with Crippen molar-refractivity contribution in [3.8, 4) is 0 Å². The van der Waals surface area contributed by atoms with Crippen LogP contribution in [0.25, 0.3) is 0 Å². The fraction of sp³-hybridized carbons (Fsp3) is 0.353. The summed E-state index contributed by atoms with van der Waals surface area (Å²) in [4.78, 5) is 6.73. The molecule has 2 unspecified atom stereocenters. The molecule has 2 aromatic rings. The quantitative estimate of drug-likeness (QED) is 0.896. The maximum atomic E-state index is 6.07. The number of pyridine rings is 1. The second-order valence-electron chi connectivity index (χ2n) is 5.29. The van der Waals surface area contributed by atoms with Crippen LogP contribution in [-0.4, -0.2) is 19.1 Å². The summed E-state index contributed by atoms with van der Waals surface area (Å²) >= 11 is 6.07. The van der Waals surface area contributed by atoms with E-state index in [1.807, 2.05) is 31.4 Å². The zero-order chi connectivity index (χ0) is 15.4. The monoisotopic (exact) mass is 303 g/mol. The number of rotatable bonds is 5. The third-order valence-corrected chi connectivity index (χ3v) is 4.20. The molecule has 0 amide bonds. The number of benzene rings is 1. The molecule has 0 bridgehead atoms. The van der Waals surface area contributed by atoms with Gasteiger partial charge in [-0.2, -0.15) is 0 Å². The lowest BCUT2D eigenvalue weighted by molar-refractivity contribution is 0.632. The smallest absolute Gasteiger partial charge is 0.0571 e. The molecular weight excluding hydrogens is 282 g/mol. The number of anilines is 1. The van der Waals surface area contributed by atoms with Gasteiger partial charge in [-0.1, -0.05) is 23.7 Å². The van der Waals surface area contributed by atoms with Crippen LogP contribution in [0.15, 0.2) is 42.6 Å². The van der Waals surface area contributed by atoms with Gasteiger partial charge < -0.3 is 10.2 Å². The van der Waals surface area contributed by atoms with Crippen LogP contribution in [0, 0.1) is 0 Å². The van der Waals surface area contributed by atoms with E-state index in [0.717, 1.165) is 16.4 Å². The molecule has 0 aliphatic heterocycles. The second-order valence-corrected chi connectivity index (χ2v) is 5.73. The predicted molar refractivity (Wildman–Crippen MR) is 90.0 cm³/mol. The number of aromatic nitrogens is 1. The van der Waals surface area contributed by atoms with Crippen molar-refractivity contribution in [3.63, 3.8) is 0 Å². The minimum absolute atomic E-state index is 0.234. The molecule has 1 heterocycles. The molecule has 0 aliphatic carbocycles. The summed E-state index contributed by atoms with van der Waals surface area (Å²) in [7, 11) is 4.01. The SMILES string of the molecule is CNC(C)c1ccc(N(C)C(C)c2cccc(Cl)c2)cn1. The highest BCUT2D eigenvalue weighted by atomic mass is 35.5. The third kappa shape index (κ3) is 3.74. The van der Waals surface area contributed by atoms with Crippen molar-refractivity contribution >= 4 is 17.3 Å². The van der Waals surface area contributed by atoms with Gasteiger partial charge in [-0.3, -0.25) is 4.98 Å². The molecule has 4 heteroatoms. The number of hydrogen-bond donors (Lipinski definition) is 1. The minimum atomic E-state index is 0.234. The highest BCUT2D eigenvalue weighted by Gasteiger charge is 2.13. The minimum Gasteiger partial charge on any atom is -0.367 e. The summed E-state index contributed by atoms with van der Waals surface area (Å²) in [6.07, 6.45) is 1.92. The van der Waals surface area contributed by atoms with Gasteiger partial charge in [0.05, 0.1) is 23.6 Å². The highest BCUT2D eigenvalue weighted by molar-refractivity contribution is 6.30. The van der Waals surface area contributed by atoms with Gasteiger partial charge in [-0.25, -0.2) is 0 Å². The van der Waals surface area contributed by atoms with Gasteiger partial charge in [0.15, 0.2) is 0 Å². The lowest BCUT2D eigenvalue weighted by Gasteiger charge is -2.27. The lowest BCUT2D eigenvalue weighted by atomic mass is 10.1. The van der Waals surface area contributed by atoms with Crippen molar-refractivity contribution in [3.05, 3.63) is 58.9 Å². The fourth-order valence-corrected chi connectivity index (χ4v) is 2.42. The van der Waals surface area contributed by atoms with Crippen LogP contribution in [0.3, 0.4) is 0 Å². The van der Waals surface area contributed by atoms with Crippen LogP contribution in [0.2, 0.25) is 5.02 Å². The summed E-state index contributed by atoms with van der Waals surface area (Å²) < 4.78 is 0. The van der Waals surface area contributed by atoms with Crippen molar-refractivity contribution in [2.24, 2.45) is 0 Å². The topological polar surface area (TPSA) is 28.2 Å². The van der Waals surface area contributed by atoms with Gasteiger partial charge in [0.25, 0.3) is 0 Å². The second kappa shape index (κ2) is 6.92. The summed E-state index contributed by atoms with van der Waals surface area (Å²) in [6, 6.07) is 12.7. The van der Waals surface area contributed by atoms with Gasteiger partial charge in [-0.15, -0.1) is 0 Å². The first kappa shape index (κ1) is 15.8. The molecule has 0 spiro atoms. The Hall–Kier alpha value is -1.58. The first-order chi connectivity index (χ1) is 10.0. The lowest BCUT2D eigenvalue weighted by Crippen LogP contribution is -2.22. The van der Waals surface area contributed by atoms with E-state index in [0.29, 0.717) is 0 Å². The van der Waals surface area contributed by atoms with Crippen LogP contribution in [-0.2, 0) is 0 Å². The van der Waals surface area contributed by atoms with E-state index in [4.69, 9.17) is 11.6 Å². The normalized spacial score (nSPS) is 13.8. The van der Waals surface area contributed by atoms with E-state index < -0.39 is 0 Å². The molecule has 0 radical (unpaired) electrons. The number of halogens is 1. The molecule has 0 fully saturated rings. The summed E-state index contributed by atoms with van der Waals surface area (Å²) in [5.74, 6) is 0. The molecule has 1 N–H and O–H groups in total. The van der Waals surface area contributed by atoms with Crippen LogP contribution < -0.4 is 10.2 Å². The third-order valence-electron chi connectivity index (χ3n) is 3.97. The molecule has 0 aliphatic rings. The molecule has 0 saturated heterocycles. The molecule has 2 atom stereocenters. The largest absolute Gasteiger partial charge is 0.367 e. The summed E-state index contributed by atoms with van der Waals surface area (Å²) in [5, 5.41) is 3.96. The van der Waals surface area contributed by atoms with Gasteiger partial charge in [-0.05, 0) is 50.7 Å². The summed E-state index contributed by atoms with van der Waals surface area (Å²) in [5.41, 5.74) is 3.33. The zero-order valence-corrected chi connectivity index (χ0v) is 13.7. The van der Waals surface area contributed by atoms with Crippen LogP contribution in [0.5, 0.6) is 0 Å². The number of hydrogen-bond acceptors (Lipinski definition) is 3. The molecule has 1 aromatic heterocycles. The van der Waals surface area contributed by atoms with Crippen molar-refractivity contribution in [2.45, 2.75) is 25.9 Å². The Morgan fingerprint density at radius 1 is 1.19 bits per heavy atom. The predicted octanol–water partition coefficient (Wildman–Crippen LogP) is 4.21. The molecule has 21 heavy (non-hydrogen) atoms. The van der Waals surface area contributed by atoms with Crippen LogP contribution in [0.1, 0.15) is 37.2 Å². The van der Waals surface area contributed by atoms with E-state index in [-0.39, 0.29) is 12.1 Å². The van der Waals surface area contributed by atoms with Gasteiger partial charge in [0, 0.05) is 18.1 Å². The number of nitrogens with one attached hydrogen (secondary N) is 1. The van der Waals surface area contributed by atoms with Gasteiger partial charge in [0.1, 0.15) is 0 Å². The fourth-order valence-electron chi connectivity index (χ4n) is 2.22. The summed E-state index contributed by atoms with van der Waals surface area (Å²) in [6.45, 7) is 4.26. The Bertz CT molecular complexity index is 583. The number of nitrogens with zero attached hydrogens (tertiary/aromatic N) is 2. The standard InChI is InChI=1S/C17H22ClN3/c1-12(19-3)17-9-8-16(11-20-17)21(4)13(2)14-6-5-7-15(18)10-14/h5-13,19H,1-4H3. The Morgan fingerprint density at radius 3 is 2.52 bits per heavy atom.